The Morgan fingerprint density at radius 2 is 1.59 bits per heavy atom. The van der Waals surface area contributed by atoms with E-state index in [1.807, 2.05) is 60.7 Å². The number of benzene rings is 3. The van der Waals surface area contributed by atoms with Gasteiger partial charge in [0, 0.05) is 5.39 Å². The van der Waals surface area contributed by atoms with Crippen molar-refractivity contribution >= 4 is 16.7 Å². The molecule has 2 nitrogen and oxygen atoms in total. The third kappa shape index (κ3) is 2.37. The summed E-state index contributed by atoms with van der Waals surface area (Å²) in [5.41, 5.74) is 1.22. The number of fused-ring (bicyclic) bond motifs is 1. The van der Waals surface area contributed by atoms with Crippen LogP contribution < -0.4 is 4.74 Å². The van der Waals surface area contributed by atoms with E-state index in [9.17, 15) is 4.79 Å². The lowest BCUT2D eigenvalue weighted by atomic mass is 10.1. The molecule has 0 saturated heterocycles. The number of rotatable bonds is 3. The van der Waals surface area contributed by atoms with Gasteiger partial charge >= 0.3 is 5.97 Å². The third-order valence-corrected chi connectivity index (χ3v) is 4.28. The van der Waals surface area contributed by atoms with E-state index in [2.05, 4.69) is 12.1 Å². The molecule has 0 aromatic heterocycles. The predicted octanol–water partition coefficient (Wildman–Crippen LogP) is 4.55. The Morgan fingerprint density at radius 1 is 0.864 bits per heavy atom. The molecule has 0 aliphatic heterocycles. The summed E-state index contributed by atoms with van der Waals surface area (Å²) in [5, 5.41) is 2.07. The molecule has 3 aromatic carbocycles. The fourth-order valence-corrected chi connectivity index (χ4v) is 2.99. The Bertz CT molecular complexity index is 818. The van der Waals surface area contributed by atoms with Crippen LogP contribution in [-0.2, 0) is 4.79 Å². The maximum atomic E-state index is 12.4. The molecule has 1 aliphatic carbocycles. The van der Waals surface area contributed by atoms with Crippen LogP contribution in [0.1, 0.15) is 17.9 Å². The smallest absolute Gasteiger partial charge is 0.314 e. The maximum absolute atomic E-state index is 12.4. The Morgan fingerprint density at radius 3 is 2.45 bits per heavy atom. The topological polar surface area (TPSA) is 26.3 Å². The first-order valence-electron chi connectivity index (χ1n) is 7.57. The normalized spacial score (nSPS) is 19.8. The number of esters is 1. The Labute approximate surface area is 129 Å². The van der Waals surface area contributed by atoms with Gasteiger partial charge in [0.05, 0.1) is 5.92 Å². The van der Waals surface area contributed by atoms with Crippen molar-refractivity contribution in [3.8, 4) is 5.75 Å². The summed E-state index contributed by atoms with van der Waals surface area (Å²) in [6, 6.07) is 24.0. The van der Waals surface area contributed by atoms with Gasteiger partial charge in [-0.15, -0.1) is 0 Å². The molecule has 0 heterocycles. The number of ether oxygens (including phenoxy) is 1. The summed E-state index contributed by atoms with van der Waals surface area (Å²) in [5.74, 6) is 0.831. The monoisotopic (exact) mass is 288 g/mol. The lowest BCUT2D eigenvalue weighted by Gasteiger charge is -2.07. The van der Waals surface area contributed by atoms with Crippen molar-refractivity contribution < 1.29 is 9.53 Å². The van der Waals surface area contributed by atoms with Crippen LogP contribution in [0.2, 0.25) is 0 Å². The molecule has 0 unspecified atom stereocenters. The third-order valence-electron chi connectivity index (χ3n) is 4.28. The Balaban J connectivity index is 1.53. The Hall–Kier alpha value is -2.61. The molecule has 1 aliphatic rings. The quantitative estimate of drug-likeness (QED) is 0.522. The first-order chi connectivity index (χ1) is 10.8. The van der Waals surface area contributed by atoms with E-state index in [1.165, 1.54) is 5.56 Å². The highest BCUT2D eigenvalue weighted by Gasteiger charge is 2.45. The van der Waals surface area contributed by atoms with Crippen molar-refractivity contribution in [3.05, 3.63) is 78.4 Å². The molecule has 2 heteroatoms. The summed E-state index contributed by atoms with van der Waals surface area (Å²) in [6.07, 6.45) is 0.883. The Kier molecular flexibility index (Phi) is 3.15. The predicted molar refractivity (Wildman–Crippen MR) is 86.9 cm³/mol. The molecule has 2 atom stereocenters. The maximum Gasteiger partial charge on any atom is 0.314 e. The zero-order chi connectivity index (χ0) is 14.9. The van der Waals surface area contributed by atoms with E-state index in [-0.39, 0.29) is 11.9 Å². The zero-order valence-electron chi connectivity index (χ0n) is 12.1. The minimum Gasteiger partial charge on any atom is -0.426 e. The van der Waals surface area contributed by atoms with Crippen LogP contribution in [0.5, 0.6) is 5.75 Å². The molecule has 3 aromatic rings. The number of hydrogen-bond acceptors (Lipinski definition) is 2. The van der Waals surface area contributed by atoms with Crippen molar-refractivity contribution in [2.75, 3.05) is 0 Å². The van der Waals surface area contributed by atoms with Gasteiger partial charge in [-0.1, -0.05) is 66.7 Å². The van der Waals surface area contributed by atoms with Gasteiger partial charge < -0.3 is 4.74 Å². The second-order valence-corrected chi connectivity index (χ2v) is 5.76. The van der Waals surface area contributed by atoms with Crippen molar-refractivity contribution in [2.24, 2.45) is 5.92 Å². The van der Waals surface area contributed by atoms with Gasteiger partial charge in [-0.2, -0.15) is 0 Å². The van der Waals surface area contributed by atoms with Gasteiger partial charge in [0.25, 0.3) is 0 Å². The fraction of sp³-hybridized carbons (Fsp3) is 0.150. The number of hydrogen-bond donors (Lipinski definition) is 0. The van der Waals surface area contributed by atoms with E-state index in [0.717, 1.165) is 17.2 Å². The van der Waals surface area contributed by atoms with Gasteiger partial charge in [-0.3, -0.25) is 4.79 Å². The molecule has 1 saturated carbocycles. The molecule has 22 heavy (non-hydrogen) atoms. The minimum atomic E-state index is -0.120. The lowest BCUT2D eigenvalue weighted by molar-refractivity contribution is -0.135. The van der Waals surface area contributed by atoms with Gasteiger partial charge in [-0.05, 0) is 29.4 Å². The van der Waals surface area contributed by atoms with Crippen LogP contribution in [0.3, 0.4) is 0 Å². The molecule has 0 amide bonds. The molecule has 4 rings (SSSR count). The molecular formula is C20H16O2. The molecule has 0 N–H and O–H groups in total. The van der Waals surface area contributed by atoms with Gasteiger partial charge in [0.15, 0.2) is 0 Å². The van der Waals surface area contributed by atoms with Crippen molar-refractivity contribution in [2.45, 2.75) is 12.3 Å². The summed E-state index contributed by atoms with van der Waals surface area (Å²) in [6.45, 7) is 0. The van der Waals surface area contributed by atoms with Crippen molar-refractivity contribution in [3.63, 3.8) is 0 Å². The highest BCUT2D eigenvalue weighted by molar-refractivity contribution is 5.91. The summed E-state index contributed by atoms with van der Waals surface area (Å²) in [7, 11) is 0. The number of carbonyl (C=O) groups is 1. The van der Waals surface area contributed by atoms with E-state index < -0.39 is 0 Å². The summed E-state index contributed by atoms with van der Waals surface area (Å²) >= 11 is 0. The van der Waals surface area contributed by atoms with E-state index in [4.69, 9.17) is 4.74 Å². The van der Waals surface area contributed by atoms with E-state index >= 15 is 0 Å². The molecule has 1 fully saturated rings. The van der Waals surface area contributed by atoms with Gasteiger partial charge in [0.1, 0.15) is 5.75 Å². The fourth-order valence-electron chi connectivity index (χ4n) is 2.99. The highest BCUT2D eigenvalue weighted by atomic mass is 16.5. The average molecular weight is 288 g/mol. The minimum absolute atomic E-state index is 0.0126. The van der Waals surface area contributed by atoms with Crippen LogP contribution in [0, 0.1) is 5.92 Å². The number of carbonyl (C=O) groups excluding carboxylic acids is 1. The van der Waals surface area contributed by atoms with E-state index in [1.54, 1.807) is 0 Å². The molecule has 0 radical (unpaired) electrons. The standard InChI is InChI=1S/C20H16O2/c21-20(18-13-17(18)15-7-2-1-3-8-15)22-19-12-6-10-14-9-4-5-11-16(14)19/h1-12,17-18H,13H2/t17-,18+/m1/s1. The second kappa shape index (κ2) is 5.30. The first kappa shape index (κ1) is 13.1. The highest BCUT2D eigenvalue weighted by Crippen LogP contribution is 2.48. The van der Waals surface area contributed by atoms with Crippen molar-refractivity contribution in [1.82, 2.24) is 0 Å². The average Bonchev–Trinajstić information content (AvgIpc) is 3.37. The van der Waals surface area contributed by atoms with Crippen LogP contribution in [-0.4, -0.2) is 5.97 Å². The van der Waals surface area contributed by atoms with Gasteiger partial charge in [-0.25, -0.2) is 0 Å². The lowest BCUT2D eigenvalue weighted by Crippen LogP contribution is -2.11. The molecule has 0 spiro atoms. The zero-order valence-corrected chi connectivity index (χ0v) is 12.1. The molecule has 0 bridgehead atoms. The summed E-state index contributed by atoms with van der Waals surface area (Å²) < 4.78 is 5.66. The van der Waals surface area contributed by atoms with Crippen molar-refractivity contribution in [1.29, 1.82) is 0 Å². The van der Waals surface area contributed by atoms with Crippen LogP contribution in [0.15, 0.2) is 72.8 Å². The van der Waals surface area contributed by atoms with Gasteiger partial charge in [0.2, 0.25) is 0 Å². The first-order valence-corrected chi connectivity index (χ1v) is 7.57. The van der Waals surface area contributed by atoms with Crippen LogP contribution in [0.25, 0.3) is 10.8 Å². The van der Waals surface area contributed by atoms with E-state index in [0.29, 0.717) is 11.7 Å². The van der Waals surface area contributed by atoms with Crippen LogP contribution in [0.4, 0.5) is 0 Å². The largest absolute Gasteiger partial charge is 0.426 e. The molecular weight excluding hydrogens is 272 g/mol. The summed E-state index contributed by atoms with van der Waals surface area (Å²) in [4.78, 5) is 12.4. The molecule has 108 valence electrons. The SMILES string of the molecule is O=C(Oc1cccc2ccccc12)[C@H]1C[C@@H]1c1ccccc1. The second-order valence-electron chi connectivity index (χ2n) is 5.76. The van der Waals surface area contributed by atoms with Crippen LogP contribution >= 0.6 is 0 Å².